The van der Waals surface area contributed by atoms with Crippen LogP contribution in [0.3, 0.4) is 0 Å². The van der Waals surface area contributed by atoms with Gasteiger partial charge in [0.2, 0.25) is 0 Å². The van der Waals surface area contributed by atoms with Crippen LogP contribution in [0.5, 0.6) is 0 Å². The van der Waals surface area contributed by atoms with Crippen molar-refractivity contribution in [2.75, 3.05) is 0 Å². The quantitative estimate of drug-likeness (QED) is 0.611. The van der Waals surface area contributed by atoms with Crippen LogP contribution in [0.4, 0.5) is 0 Å². The van der Waals surface area contributed by atoms with Gasteiger partial charge < -0.3 is 0 Å². The maximum absolute atomic E-state index is 2.38. The van der Waals surface area contributed by atoms with Crippen molar-refractivity contribution in [1.29, 1.82) is 0 Å². The number of hydrogen-bond acceptors (Lipinski definition) is 0. The van der Waals surface area contributed by atoms with E-state index < -0.39 is 0 Å². The summed E-state index contributed by atoms with van der Waals surface area (Å²) in [7, 11) is 0. The lowest BCUT2D eigenvalue weighted by atomic mass is 9.74. The average Bonchev–Trinajstić information content (AvgIpc) is 2.28. The molecule has 0 saturated heterocycles. The Balaban J connectivity index is 2.42. The molecule has 0 nitrogen and oxygen atoms in total. The fraction of sp³-hybridized carbons (Fsp3) is 0.647. The molecule has 0 amide bonds. The zero-order valence-electron chi connectivity index (χ0n) is 11.8. The Hall–Kier alpha value is -0.780. The van der Waals surface area contributed by atoms with Gasteiger partial charge >= 0.3 is 0 Å². The maximum Gasteiger partial charge on any atom is -0.0126 e. The fourth-order valence-electron chi connectivity index (χ4n) is 3.47. The Labute approximate surface area is 106 Å². The van der Waals surface area contributed by atoms with Crippen LogP contribution in [-0.4, -0.2) is 0 Å². The maximum atomic E-state index is 2.38. The van der Waals surface area contributed by atoms with Gasteiger partial charge in [0.05, 0.1) is 0 Å². The SMILES string of the molecule is Cc1cccc(C2CCCCC2)c1C(C)(C)C. The summed E-state index contributed by atoms with van der Waals surface area (Å²) in [5.74, 6) is 0.817. The zero-order valence-corrected chi connectivity index (χ0v) is 11.8. The molecule has 0 N–H and O–H groups in total. The summed E-state index contributed by atoms with van der Waals surface area (Å²) in [5, 5.41) is 0. The lowest BCUT2D eigenvalue weighted by Gasteiger charge is -2.31. The number of aryl methyl sites for hydroxylation is 1. The summed E-state index contributed by atoms with van der Waals surface area (Å²) in [6, 6.07) is 6.89. The van der Waals surface area contributed by atoms with E-state index in [4.69, 9.17) is 0 Å². The van der Waals surface area contributed by atoms with Crippen LogP contribution >= 0.6 is 0 Å². The molecule has 1 saturated carbocycles. The highest BCUT2D eigenvalue weighted by molar-refractivity contribution is 5.41. The van der Waals surface area contributed by atoms with E-state index in [0.29, 0.717) is 0 Å². The van der Waals surface area contributed by atoms with Crippen molar-refractivity contribution in [3.05, 3.63) is 34.9 Å². The minimum absolute atomic E-state index is 0.276. The predicted molar refractivity (Wildman–Crippen MR) is 75.7 cm³/mol. The summed E-state index contributed by atoms with van der Waals surface area (Å²) in [6.45, 7) is 9.32. The van der Waals surface area contributed by atoms with Crippen LogP contribution in [0.2, 0.25) is 0 Å². The van der Waals surface area contributed by atoms with E-state index in [0.717, 1.165) is 5.92 Å². The normalized spacial score (nSPS) is 18.4. The Bertz CT molecular complexity index is 376. The molecule has 1 aliphatic carbocycles. The van der Waals surface area contributed by atoms with Crippen molar-refractivity contribution < 1.29 is 0 Å². The van der Waals surface area contributed by atoms with E-state index in [1.54, 1.807) is 11.1 Å². The number of rotatable bonds is 1. The van der Waals surface area contributed by atoms with Gasteiger partial charge in [0, 0.05) is 0 Å². The highest BCUT2D eigenvalue weighted by Crippen LogP contribution is 2.39. The first-order valence-corrected chi connectivity index (χ1v) is 7.10. The molecular formula is C17H26. The van der Waals surface area contributed by atoms with Gasteiger partial charge in [0.1, 0.15) is 0 Å². The van der Waals surface area contributed by atoms with Crippen molar-refractivity contribution in [2.24, 2.45) is 0 Å². The van der Waals surface area contributed by atoms with Gasteiger partial charge in [-0.1, -0.05) is 58.2 Å². The molecule has 0 aromatic heterocycles. The van der Waals surface area contributed by atoms with Crippen molar-refractivity contribution >= 4 is 0 Å². The van der Waals surface area contributed by atoms with Gasteiger partial charge in [-0.3, -0.25) is 0 Å². The molecule has 0 atom stereocenters. The molecule has 0 heteroatoms. The Morgan fingerprint density at radius 3 is 2.24 bits per heavy atom. The van der Waals surface area contributed by atoms with Crippen LogP contribution in [0.15, 0.2) is 18.2 Å². The van der Waals surface area contributed by atoms with Gasteiger partial charge in [0.15, 0.2) is 0 Å². The third-order valence-corrected chi connectivity index (χ3v) is 4.10. The summed E-state index contributed by atoms with van der Waals surface area (Å²) < 4.78 is 0. The molecule has 0 spiro atoms. The van der Waals surface area contributed by atoms with Gasteiger partial charge in [-0.15, -0.1) is 0 Å². The second kappa shape index (κ2) is 4.84. The standard InChI is InChI=1S/C17H26/c1-13-9-8-12-15(16(13)17(2,3)4)14-10-6-5-7-11-14/h8-9,12,14H,5-7,10-11H2,1-4H3. The first kappa shape index (κ1) is 12.7. The minimum atomic E-state index is 0.276. The second-order valence-corrected chi connectivity index (χ2v) is 6.62. The molecule has 0 heterocycles. The molecule has 2 rings (SSSR count). The summed E-state index contributed by atoms with van der Waals surface area (Å²) in [4.78, 5) is 0. The molecule has 0 radical (unpaired) electrons. The van der Waals surface area contributed by atoms with Crippen molar-refractivity contribution in [2.45, 2.75) is 71.1 Å². The van der Waals surface area contributed by atoms with E-state index in [9.17, 15) is 0 Å². The van der Waals surface area contributed by atoms with Crippen LogP contribution < -0.4 is 0 Å². The van der Waals surface area contributed by atoms with E-state index in [1.165, 1.54) is 37.7 Å². The van der Waals surface area contributed by atoms with Gasteiger partial charge in [0.25, 0.3) is 0 Å². The second-order valence-electron chi connectivity index (χ2n) is 6.62. The highest BCUT2D eigenvalue weighted by atomic mass is 14.3. The predicted octanol–water partition coefficient (Wildman–Crippen LogP) is 5.34. The molecule has 1 aromatic carbocycles. The third-order valence-electron chi connectivity index (χ3n) is 4.10. The molecule has 0 unspecified atom stereocenters. The molecule has 1 fully saturated rings. The lowest BCUT2D eigenvalue weighted by molar-refractivity contribution is 0.434. The molecule has 94 valence electrons. The molecule has 1 aromatic rings. The Morgan fingerprint density at radius 1 is 1.00 bits per heavy atom. The first-order chi connectivity index (χ1) is 8.00. The molecule has 0 aliphatic heterocycles. The largest absolute Gasteiger partial charge is 0.0617 e. The monoisotopic (exact) mass is 230 g/mol. The fourth-order valence-corrected chi connectivity index (χ4v) is 3.47. The van der Waals surface area contributed by atoms with Gasteiger partial charge in [-0.25, -0.2) is 0 Å². The van der Waals surface area contributed by atoms with Crippen molar-refractivity contribution in [3.8, 4) is 0 Å². The van der Waals surface area contributed by atoms with Gasteiger partial charge in [-0.2, -0.15) is 0 Å². The van der Waals surface area contributed by atoms with Crippen LogP contribution in [0.25, 0.3) is 0 Å². The molecular weight excluding hydrogens is 204 g/mol. The lowest BCUT2D eigenvalue weighted by Crippen LogP contribution is -2.19. The minimum Gasteiger partial charge on any atom is -0.0617 e. The van der Waals surface area contributed by atoms with E-state index in [2.05, 4.69) is 45.9 Å². The van der Waals surface area contributed by atoms with Crippen LogP contribution in [0, 0.1) is 6.92 Å². The topological polar surface area (TPSA) is 0 Å². The number of benzene rings is 1. The van der Waals surface area contributed by atoms with Crippen LogP contribution in [-0.2, 0) is 5.41 Å². The number of hydrogen-bond donors (Lipinski definition) is 0. The molecule has 17 heavy (non-hydrogen) atoms. The van der Waals surface area contributed by atoms with E-state index in [-0.39, 0.29) is 5.41 Å². The Kier molecular flexibility index (Phi) is 3.61. The average molecular weight is 230 g/mol. The third kappa shape index (κ3) is 2.73. The highest BCUT2D eigenvalue weighted by Gasteiger charge is 2.25. The van der Waals surface area contributed by atoms with Gasteiger partial charge in [-0.05, 0) is 47.8 Å². The zero-order chi connectivity index (χ0) is 12.5. The van der Waals surface area contributed by atoms with Crippen molar-refractivity contribution in [1.82, 2.24) is 0 Å². The summed E-state index contributed by atoms with van der Waals surface area (Å²) >= 11 is 0. The summed E-state index contributed by atoms with van der Waals surface area (Å²) in [6.07, 6.45) is 7.07. The smallest absolute Gasteiger partial charge is 0.0126 e. The molecule has 0 bridgehead atoms. The van der Waals surface area contributed by atoms with Crippen molar-refractivity contribution in [3.63, 3.8) is 0 Å². The van der Waals surface area contributed by atoms with E-state index >= 15 is 0 Å². The Morgan fingerprint density at radius 2 is 1.65 bits per heavy atom. The first-order valence-electron chi connectivity index (χ1n) is 7.10. The van der Waals surface area contributed by atoms with Crippen LogP contribution in [0.1, 0.15) is 75.5 Å². The molecule has 1 aliphatic rings. The summed E-state index contributed by atoms with van der Waals surface area (Å²) in [5.41, 5.74) is 4.99. The van der Waals surface area contributed by atoms with E-state index in [1.807, 2.05) is 0 Å².